The number of anilines is 2. The Hall–Kier alpha value is -3.47. The first-order valence-electron chi connectivity index (χ1n) is 10.5. The van der Waals surface area contributed by atoms with E-state index in [0.29, 0.717) is 24.5 Å². The van der Waals surface area contributed by atoms with Crippen molar-refractivity contribution in [2.75, 3.05) is 18.5 Å². The molecular weight excluding hydrogens is 437 g/mol. The summed E-state index contributed by atoms with van der Waals surface area (Å²) in [6, 6.07) is 7.17. The van der Waals surface area contributed by atoms with Crippen LogP contribution in [0.25, 0.3) is 0 Å². The molecule has 0 saturated carbocycles. The average Bonchev–Trinajstić information content (AvgIpc) is 3.44. The van der Waals surface area contributed by atoms with Crippen LogP contribution in [0.3, 0.4) is 0 Å². The van der Waals surface area contributed by atoms with E-state index in [4.69, 9.17) is 10.5 Å². The zero-order valence-corrected chi connectivity index (χ0v) is 17.7. The van der Waals surface area contributed by atoms with E-state index in [1.807, 2.05) is 0 Å². The minimum atomic E-state index is -4.59. The molecule has 0 aliphatic carbocycles. The van der Waals surface area contributed by atoms with E-state index in [0.717, 1.165) is 18.2 Å². The second-order valence-electron chi connectivity index (χ2n) is 7.81. The number of ether oxygens (including phenoxy) is 1. The summed E-state index contributed by atoms with van der Waals surface area (Å²) in [7, 11) is 0. The van der Waals surface area contributed by atoms with E-state index in [1.54, 1.807) is 41.3 Å². The van der Waals surface area contributed by atoms with Crippen LogP contribution in [0.1, 0.15) is 34.8 Å². The molecule has 1 aliphatic heterocycles. The van der Waals surface area contributed by atoms with Crippen LogP contribution in [0.2, 0.25) is 0 Å². The highest BCUT2D eigenvalue weighted by atomic mass is 19.4. The van der Waals surface area contributed by atoms with Crippen LogP contribution in [-0.4, -0.2) is 38.9 Å². The molecular formula is C22H23F3N6O2. The van der Waals surface area contributed by atoms with E-state index in [9.17, 15) is 18.0 Å². The number of nitrogens with two attached hydrogens (primary N) is 1. The molecule has 0 bridgehead atoms. The van der Waals surface area contributed by atoms with Crippen LogP contribution < -0.4 is 11.1 Å². The second kappa shape index (κ2) is 9.57. The summed E-state index contributed by atoms with van der Waals surface area (Å²) in [6.45, 7) is 1.24. The third-order valence-electron chi connectivity index (χ3n) is 5.42. The van der Waals surface area contributed by atoms with E-state index < -0.39 is 17.6 Å². The topological polar surface area (TPSA) is 108 Å². The number of halogens is 3. The Morgan fingerprint density at radius 2 is 2.00 bits per heavy atom. The van der Waals surface area contributed by atoms with Crippen molar-refractivity contribution in [1.82, 2.24) is 19.7 Å². The summed E-state index contributed by atoms with van der Waals surface area (Å²) in [5.74, 6) is -0.456. The van der Waals surface area contributed by atoms with Gasteiger partial charge in [-0.05, 0) is 30.4 Å². The molecule has 0 spiro atoms. The van der Waals surface area contributed by atoms with Gasteiger partial charge < -0.3 is 15.8 Å². The minimum Gasteiger partial charge on any atom is -0.379 e. The van der Waals surface area contributed by atoms with Gasteiger partial charge in [0.15, 0.2) is 0 Å². The number of carbonyl (C=O) groups is 1. The normalized spacial score (nSPS) is 16.2. The van der Waals surface area contributed by atoms with Crippen LogP contribution in [0.4, 0.5) is 24.8 Å². The van der Waals surface area contributed by atoms with Crippen molar-refractivity contribution in [2.24, 2.45) is 5.73 Å². The third kappa shape index (κ3) is 5.67. The summed E-state index contributed by atoms with van der Waals surface area (Å²) in [5.41, 5.74) is 6.27. The van der Waals surface area contributed by atoms with Gasteiger partial charge in [0, 0.05) is 19.0 Å². The largest absolute Gasteiger partial charge is 0.419 e. The fourth-order valence-electron chi connectivity index (χ4n) is 3.78. The van der Waals surface area contributed by atoms with Crippen molar-refractivity contribution < 1.29 is 22.7 Å². The number of hydrogen-bond donors (Lipinski definition) is 2. The molecule has 2 aromatic heterocycles. The van der Waals surface area contributed by atoms with E-state index in [-0.39, 0.29) is 36.9 Å². The highest BCUT2D eigenvalue weighted by Gasteiger charge is 2.35. The van der Waals surface area contributed by atoms with Crippen molar-refractivity contribution in [2.45, 2.75) is 37.9 Å². The first-order valence-corrected chi connectivity index (χ1v) is 10.5. The van der Waals surface area contributed by atoms with Crippen LogP contribution >= 0.6 is 0 Å². The Labute approximate surface area is 188 Å². The van der Waals surface area contributed by atoms with Gasteiger partial charge in [-0.3, -0.25) is 9.48 Å². The Balaban J connectivity index is 1.54. The summed E-state index contributed by atoms with van der Waals surface area (Å²) in [5, 5.41) is 7.21. The molecule has 8 nitrogen and oxygen atoms in total. The van der Waals surface area contributed by atoms with Gasteiger partial charge in [0.2, 0.25) is 11.9 Å². The monoisotopic (exact) mass is 460 g/mol. The lowest BCUT2D eigenvalue weighted by Gasteiger charge is -2.14. The SMILES string of the molecule is NC(=O)Cc1ccccc1CCc1nc(Nc2cnn([C@@H]3CCOC3)c2)ncc1C(F)(F)F. The lowest BCUT2D eigenvalue weighted by atomic mass is 9.98. The Morgan fingerprint density at radius 1 is 1.21 bits per heavy atom. The number of nitrogens with one attached hydrogen (secondary N) is 1. The molecule has 0 unspecified atom stereocenters. The Kier molecular flexibility index (Phi) is 6.59. The van der Waals surface area contributed by atoms with Crippen molar-refractivity contribution in [3.63, 3.8) is 0 Å². The molecule has 1 aliphatic rings. The molecule has 3 N–H and O–H groups in total. The van der Waals surface area contributed by atoms with Crippen molar-refractivity contribution in [1.29, 1.82) is 0 Å². The van der Waals surface area contributed by atoms with Gasteiger partial charge in [0.1, 0.15) is 0 Å². The molecule has 1 amide bonds. The molecule has 174 valence electrons. The van der Waals surface area contributed by atoms with E-state index in [2.05, 4.69) is 20.4 Å². The maximum absolute atomic E-state index is 13.6. The molecule has 33 heavy (non-hydrogen) atoms. The molecule has 3 aromatic rings. The standard InChI is InChI=1S/C22H23F3N6O2/c23-22(24,25)18-11-27-21(29-16-10-28-31(12-16)17-7-8-33-13-17)30-19(18)6-5-14-3-1-2-4-15(14)9-20(26)32/h1-4,10-12,17H,5-9,13H2,(H2,26,32)(H,27,29,30)/t17-/m1/s1. The average molecular weight is 460 g/mol. The van der Waals surface area contributed by atoms with E-state index >= 15 is 0 Å². The molecule has 0 radical (unpaired) electrons. The van der Waals surface area contributed by atoms with Crippen molar-refractivity contribution in [3.05, 3.63) is 65.2 Å². The predicted octanol–water partition coefficient (Wildman–Crippen LogP) is 3.21. The molecule has 1 saturated heterocycles. The predicted molar refractivity (Wildman–Crippen MR) is 114 cm³/mol. The van der Waals surface area contributed by atoms with Crippen LogP contribution in [0.5, 0.6) is 0 Å². The highest BCUT2D eigenvalue weighted by molar-refractivity contribution is 5.77. The maximum Gasteiger partial charge on any atom is 0.419 e. The maximum atomic E-state index is 13.6. The number of primary amides is 1. The molecule has 1 aromatic carbocycles. The summed E-state index contributed by atoms with van der Waals surface area (Å²) >= 11 is 0. The van der Waals surface area contributed by atoms with Gasteiger partial charge in [0.25, 0.3) is 0 Å². The highest BCUT2D eigenvalue weighted by Crippen LogP contribution is 2.32. The van der Waals surface area contributed by atoms with Crippen molar-refractivity contribution >= 4 is 17.5 Å². The van der Waals surface area contributed by atoms with Gasteiger partial charge in [0.05, 0.1) is 42.2 Å². The van der Waals surface area contributed by atoms with Crippen LogP contribution in [0.15, 0.2) is 42.9 Å². The lowest BCUT2D eigenvalue weighted by Crippen LogP contribution is -2.16. The summed E-state index contributed by atoms with van der Waals surface area (Å²) < 4.78 is 47.8. The molecule has 3 heterocycles. The van der Waals surface area contributed by atoms with Crippen LogP contribution in [-0.2, 0) is 35.0 Å². The van der Waals surface area contributed by atoms with Gasteiger partial charge >= 0.3 is 6.18 Å². The number of rotatable bonds is 8. The van der Waals surface area contributed by atoms with Gasteiger partial charge in [-0.25, -0.2) is 9.97 Å². The smallest absolute Gasteiger partial charge is 0.379 e. The van der Waals surface area contributed by atoms with Gasteiger partial charge in [-0.15, -0.1) is 0 Å². The quantitative estimate of drug-likeness (QED) is 0.535. The molecule has 1 fully saturated rings. The third-order valence-corrected chi connectivity index (χ3v) is 5.42. The number of carbonyl (C=O) groups excluding carboxylic acids is 1. The number of amides is 1. The van der Waals surface area contributed by atoms with E-state index in [1.165, 1.54) is 0 Å². The summed E-state index contributed by atoms with van der Waals surface area (Å²) in [6.07, 6.45) is 0.666. The number of benzene rings is 1. The Morgan fingerprint density at radius 3 is 2.70 bits per heavy atom. The lowest BCUT2D eigenvalue weighted by molar-refractivity contribution is -0.138. The molecule has 4 rings (SSSR count). The number of aromatic nitrogens is 4. The first kappa shape index (κ1) is 22.7. The number of nitrogens with zero attached hydrogens (tertiary/aromatic N) is 4. The zero-order valence-electron chi connectivity index (χ0n) is 17.7. The fraction of sp³-hybridized carbons (Fsp3) is 0.364. The van der Waals surface area contributed by atoms with Gasteiger partial charge in [-0.2, -0.15) is 18.3 Å². The molecule has 11 heteroatoms. The zero-order chi connectivity index (χ0) is 23.4. The van der Waals surface area contributed by atoms with Crippen molar-refractivity contribution in [3.8, 4) is 0 Å². The van der Waals surface area contributed by atoms with Crippen LogP contribution in [0, 0.1) is 0 Å². The number of alkyl halides is 3. The summed E-state index contributed by atoms with van der Waals surface area (Å²) in [4.78, 5) is 19.3. The Bertz CT molecular complexity index is 1130. The minimum absolute atomic E-state index is 0.0144. The fourth-order valence-corrected chi connectivity index (χ4v) is 3.78. The first-order chi connectivity index (χ1) is 15.8. The number of aryl methyl sites for hydroxylation is 2. The second-order valence-corrected chi connectivity index (χ2v) is 7.81. The van der Waals surface area contributed by atoms with Gasteiger partial charge in [-0.1, -0.05) is 24.3 Å². The number of hydrogen-bond acceptors (Lipinski definition) is 6. The molecule has 1 atom stereocenters.